The van der Waals surface area contributed by atoms with E-state index in [1.165, 1.54) is 11.3 Å². The van der Waals surface area contributed by atoms with Crippen molar-refractivity contribution in [1.29, 1.82) is 0 Å². The lowest BCUT2D eigenvalue weighted by molar-refractivity contribution is -0.145. The number of nitrogens with one attached hydrogen (secondary N) is 1. The molecule has 0 spiro atoms. The SMILES string of the molecule is CCCOC(=O)C(C)NP(=O)(Cc1ccc2sc(C(=O)O)cc2c1)Oc1c(C)cccc1C. The summed E-state index contributed by atoms with van der Waals surface area (Å²) in [6.45, 7) is 7.52. The Bertz CT molecular complexity index is 1200. The molecule has 9 heteroatoms. The summed E-state index contributed by atoms with van der Waals surface area (Å²) in [6, 6.07) is 11.8. The summed E-state index contributed by atoms with van der Waals surface area (Å²) in [5, 5.41) is 12.9. The number of aromatic carboxylic acids is 1. The number of rotatable bonds is 10. The highest BCUT2D eigenvalue weighted by Gasteiger charge is 2.32. The van der Waals surface area contributed by atoms with Crippen molar-refractivity contribution in [2.45, 2.75) is 46.3 Å². The van der Waals surface area contributed by atoms with E-state index in [-0.39, 0.29) is 17.6 Å². The number of esters is 1. The first-order valence-corrected chi connectivity index (χ1v) is 13.3. The third-order valence-corrected chi connectivity index (χ3v) is 8.17. The molecule has 2 aromatic carbocycles. The van der Waals surface area contributed by atoms with Gasteiger partial charge in [-0.05, 0) is 67.5 Å². The van der Waals surface area contributed by atoms with Crippen LogP contribution in [0.1, 0.15) is 46.6 Å². The fraction of sp³-hybridized carbons (Fsp3) is 0.333. The summed E-state index contributed by atoms with van der Waals surface area (Å²) in [4.78, 5) is 23.9. The fourth-order valence-electron chi connectivity index (χ4n) is 3.41. The Morgan fingerprint density at radius 3 is 2.48 bits per heavy atom. The molecule has 0 aliphatic rings. The van der Waals surface area contributed by atoms with Crippen LogP contribution in [0.5, 0.6) is 5.75 Å². The van der Waals surface area contributed by atoms with Gasteiger partial charge < -0.3 is 14.4 Å². The lowest BCUT2D eigenvalue weighted by Gasteiger charge is -2.25. The normalized spacial score (nSPS) is 13.9. The Kier molecular flexibility index (Phi) is 7.95. The number of hydrogen-bond acceptors (Lipinski definition) is 6. The van der Waals surface area contributed by atoms with Gasteiger partial charge in [0.25, 0.3) is 0 Å². The Morgan fingerprint density at radius 1 is 1.15 bits per heavy atom. The van der Waals surface area contributed by atoms with Gasteiger partial charge in [0.1, 0.15) is 16.7 Å². The Hall–Kier alpha value is -2.67. The number of para-hydroxylation sites is 1. The minimum atomic E-state index is -3.61. The molecule has 0 radical (unpaired) electrons. The fourth-order valence-corrected chi connectivity index (χ4v) is 6.45. The van der Waals surface area contributed by atoms with Crippen molar-refractivity contribution in [3.8, 4) is 5.75 Å². The van der Waals surface area contributed by atoms with Crippen LogP contribution in [0.4, 0.5) is 0 Å². The van der Waals surface area contributed by atoms with E-state index >= 15 is 0 Å². The number of hydrogen-bond donors (Lipinski definition) is 2. The van der Waals surface area contributed by atoms with E-state index in [4.69, 9.17) is 9.26 Å². The first kappa shape index (κ1) is 25.0. The molecule has 0 bridgehead atoms. The molecule has 3 rings (SSSR count). The zero-order chi connectivity index (χ0) is 24.2. The standard InChI is InChI=1S/C24H28NO6PS/c1-5-11-30-24(28)17(4)25-32(29,31-22-15(2)7-6-8-16(22)3)14-18-9-10-20-19(12-18)13-21(33-20)23(26)27/h6-10,12-13,17H,5,11,14H2,1-4H3,(H,25,29)(H,26,27). The summed E-state index contributed by atoms with van der Waals surface area (Å²) in [5.41, 5.74) is 2.36. The molecule has 2 atom stereocenters. The van der Waals surface area contributed by atoms with Crippen LogP contribution in [0.25, 0.3) is 10.1 Å². The first-order valence-electron chi connectivity index (χ1n) is 10.7. The molecule has 1 heterocycles. The zero-order valence-corrected chi connectivity index (χ0v) is 20.8. The highest BCUT2D eigenvalue weighted by atomic mass is 32.1. The molecule has 2 N–H and O–H groups in total. The minimum Gasteiger partial charge on any atom is -0.477 e. The van der Waals surface area contributed by atoms with Gasteiger partial charge in [0.05, 0.1) is 12.8 Å². The molecule has 0 amide bonds. The van der Waals surface area contributed by atoms with E-state index < -0.39 is 25.5 Å². The topological polar surface area (TPSA) is 102 Å². The van der Waals surface area contributed by atoms with Crippen LogP contribution in [-0.4, -0.2) is 29.7 Å². The number of thiophene rings is 1. The zero-order valence-electron chi connectivity index (χ0n) is 19.1. The van der Waals surface area contributed by atoms with Crippen molar-refractivity contribution >= 4 is 40.9 Å². The maximum Gasteiger partial charge on any atom is 0.345 e. The lowest BCUT2D eigenvalue weighted by Crippen LogP contribution is -2.35. The van der Waals surface area contributed by atoms with E-state index in [1.807, 2.05) is 45.0 Å². The molecule has 176 valence electrons. The van der Waals surface area contributed by atoms with E-state index in [1.54, 1.807) is 25.1 Å². The Labute approximate surface area is 197 Å². The van der Waals surface area contributed by atoms with Gasteiger partial charge in [0, 0.05) is 4.70 Å². The number of carboxylic acid groups (broad SMARTS) is 1. The first-order chi connectivity index (χ1) is 15.6. The summed E-state index contributed by atoms with van der Waals surface area (Å²) in [5.74, 6) is -0.975. The van der Waals surface area contributed by atoms with Crippen LogP contribution in [0.3, 0.4) is 0 Å². The average Bonchev–Trinajstić information content (AvgIpc) is 3.18. The van der Waals surface area contributed by atoms with Gasteiger partial charge in [0.2, 0.25) is 0 Å². The number of ether oxygens (including phenoxy) is 1. The van der Waals surface area contributed by atoms with Crippen molar-refractivity contribution in [3.05, 3.63) is 64.0 Å². The number of carbonyl (C=O) groups is 2. The predicted octanol–water partition coefficient (Wildman–Crippen LogP) is 5.92. The van der Waals surface area contributed by atoms with Crippen LogP contribution in [-0.2, 0) is 20.3 Å². The van der Waals surface area contributed by atoms with Crippen molar-refractivity contribution in [2.75, 3.05) is 6.61 Å². The van der Waals surface area contributed by atoms with Gasteiger partial charge in [-0.3, -0.25) is 9.36 Å². The summed E-state index contributed by atoms with van der Waals surface area (Å²) in [6.07, 6.45) is 0.703. The van der Waals surface area contributed by atoms with Gasteiger partial charge in [-0.15, -0.1) is 11.3 Å². The molecule has 0 fully saturated rings. The second-order valence-corrected chi connectivity index (χ2v) is 11.1. The summed E-state index contributed by atoms with van der Waals surface area (Å²) in [7, 11) is -3.61. The quantitative estimate of drug-likeness (QED) is 0.269. The Balaban J connectivity index is 1.93. The maximum absolute atomic E-state index is 14.1. The number of carbonyl (C=O) groups excluding carboxylic acids is 1. The van der Waals surface area contributed by atoms with Crippen LogP contribution in [0.2, 0.25) is 0 Å². The van der Waals surface area contributed by atoms with Crippen molar-refractivity contribution in [1.82, 2.24) is 5.09 Å². The number of fused-ring (bicyclic) bond motifs is 1. The molecule has 0 saturated heterocycles. The molecule has 0 aliphatic heterocycles. The van der Waals surface area contributed by atoms with Crippen molar-refractivity contribution in [3.63, 3.8) is 0 Å². The highest BCUT2D eigenvalue weighted by Crippen LogP contribution is 2.49. The summed E-state index contributed by atoms with van der Waals surface area (Å²) < 4.78 is 26.2. The molecule has 0 aliphatic carbocycles. The summed E-state index contributed by atoms with van der Waals surface area (Å²) >= 11 is 1.18. The molecular formula is C24H28NO6PS. The molecule has 2 unspecified atom stereocenters. The van der Waals surface area contributed by atoms with Gasteiger partial charge in [-0.1, -0.05) is 31.2 Å². The molecular weight excluding hydrogens is 461 g/mol. The van der Waals surface area contributed by atoms with E-state index in [0.717, 1.165) is 21.2 Å². The predicted molar refractivity (Wildman–Crippen MR) is 130 cm³/mol. The van der Waals surface area contributed by atoms with Gasteiger partial charge in [-0.2, -0.15) is 0 Å². The van der Waals surface area contributed by atoms with Crippen molar-refractivity contribution < 1.29 is 28.5 Å². The third-order valence-electron chi connectivity index (χ3n) is 5.02. The smallest absolute Gasteiger partial charge is 0.345 e. The van der Waals surface area contributed by atoms with Crippen LogP contribution in [0.15, 0.2) is 42.5 Å². The van der Waals surface area contributed by atoms with Gasteiger partial charge in [0.15, 0.2) is 0 Å². The molecule has 7 nitrogen and oxygen atoms in total. The second-order valence-electron chi connectivity index (χ2n) is 7.95. The monoisotopic (exact) mass is 489 g/mol. The number of aryl methyl sites for hydroxylation is 2. The second kappa shape index (κ2) is 10.5. The largest absolute Gasteiger partial charge is 0.477 e. The van der Waals surface area contributed by atoms with Gasteiger partial charge in [-0.25, -0.2) is 9.88 Å². The molecule has 1 aromatic heterocycles. The maximum atomic E-state index is 14.1. The number of carboxylic acids is 1. The van der Waals surface area contributed by atoms with Crippen molar-refractivity contribution in [2.24, 2.45) is 0 Å². The minimum absolute atomic E-state index is 0.0142. The van der Waals surface area contributed by atoms with E-state index in [0.29, 0.717) is 17.7 Å². The lowest BCUT2D eigenvalue weighted by atomic mass is 10.1. The molecule has 3 aromatic rings. The highest BCUT2D eigenvalue weighted by molar-refractivity contribution is 7.56. The third kappa shape index (κ3) is 6.22. The van der Waals surface area contributed by atoms with Crippen LogP contribution >= 0.6 is 18.9 Å². The van der Waals surface area contributed by atoms with Gasteiger partial charge >= 0.3 is 19.5 Å². The van der Waals surface area contributed by atoms with E-state index in [2.05, 4.69) is 5.09 Å². The van der Waals surface area contributed by atoms with Crippen LogP contribution in [0, 0.1) is 13.8 Å². The average molecular weight is 490 g/mol. The number of benzene rings is 2. The van der Waals surface area contributed by atoms with Crippen LogP contribution < -0.4 is 9.61 Å². The Morgan fingerprint density at radius 2 is 1.85 bits per heavy atom. The molecule has 0 saturated carbocycles. The molecule has 33 heavy (non-hydrogen) atoms. The van der Waals surface area contributed by atoms with E-state index in [9.17, 15) is 19.3 Å².